The highest BCUT2D eigenvalue weighted by molar-refractivity contribution is 5.44. The summed E-state index contributed by atoms with van der Waals surface area (Å²) >= 11 is 0. The Bertz CT molecular complexity index is 735. The third-order valence-corrected chi connectivity index (χ3v) is 5.37. The molecule has 0 aliphatic carbocycles. The first-order valence-electron chi connectivity index (χ1n) is 9.68. The molecule has 0 aromatic heterocycles. The van der Waals surface area contributed by atoms with Crippen molar-refractivity contribution in [1.82, 2.24) is 5.32 Å². The molecule has 1 aliphatic heterocycles. The molecule has 2 aromatic rings. The average molecular weight is 366 g/mol. The first kappa shape index (κ1) is 19.8. The summed E-state index contributed by atoms with van der Waals surface area (Å²) in [6.07, 6.45) is 2.61. The van der Waals surface area contributed by atoms with E-state index in [2.05, 4.69) is 76.0 Å². The lowest BCUT2D eigenvalue weighted by atomic mass is 9.77. The van der Waals surface area contributed by atoms with Crippen molar-refractivity contribution in [2.24, 2.45) is 0 Å². The molecule has 3 heteroatoms. The van der Waals surface area contributed by atoms with Crippen LogP contribution in [-0.2, 0) is 10.3 Å². The van der Waals surface area contributed by atoms with E-state index in [9.17, 15) is 5.11 Å². The van der Waals surface area contributed by atoms with Crippen molar-refractivity contribution in [3.8, 4) is 0 Å². The van der Waals surface area contributed by atoms with E-state index >= 15 is 0 Å². The van der Waals surface area contributed by atoms with Gasteiger partial charge < -0.3 is 15.2 Å². The van der Waals surface area contributed by atoms with Crippen molar-refractivity contribution in [1.29, 1.82) is 0 Å². The van der Waals surface area contributed by atoms with Gasteiger partial charge in [0.2, 0.25) is 0 Å². The van der Waals surface area contributed by atoms with Gasteiger partial charge in [0.25, 0.3) is 0 Å². The monoisotopic (exact) mass is 365 g/mol. The maximum absolute atomic E-state index is 12.2. The molecule has 1 aliphatic rings. The van der Waals surface area contributed by atoms with Gasteiger partial charge in [-0.3, -0.25) is 0 Å². The fraction of sp³-hybridized carbons (Fsp3) is 0.417. The van der Waals surface area contributed by atoms with Crippen molar-refractivity contribution in [2.75, 3.05) is 13.2 Å². The molecule has 2 N–H and O–H groups in total. The van der Waals surface area contributed by atoms with Gasteiger partial charge in [-0.05, 0) is 45.2 Å². The molecule has 144 valence electrons. The minimum Gasteiger partial charge on any atom is -0.379 e. The second kappa shape index (κ2) is 7.97. The van der Waals surface area contributed by atoms with E-state index in [1.165, 1.54) is 0 Å². The Morgan fingerprint density at radius 3 is 1.93 bits per heavy atom. The highest BCUT2D eigenvalue weighted by atomic mass is 16.5. The van der Waals surface area contributed by atoms with E-state index < -0.39 is 5.60 Å². The second-order valence-corrected chi connectivity index (χ2v) is 7.96. The van der Waals surface area contributed by atoms with Gasteiger partial charge in [0.05, 0.1) is 12.7 Å². The third kappa shape index (κ3) is 4.16. The smallest absolute Gasteiger partial charge is 0.130 e. The molecule has 3 rings (SSSR count). The molecular weight excluding hydrogens is 334 g/mol. The van der Waals surface area contributed by atoms with Crippen LogP contribution in [0.25, 0.3) is 0 Å². The molecule has 27 heavy (non-hydrogen) atoms. The summed E-state index contributed by atoms with van der Waals surface area (Å²) in [5.74, 6) is 0. The lowest BCUT2D eigenvalue weighted by Crippen LogP contribution is -2.46. The Balaban J connectivity index is 2.07. The van der Waals surface area contributed by atoms with E-state index in [4.69, 9.17) is 4.74 Å². The minimum absolute atomic E-state index is 0.0799. The molecule has 2 aromatic carbocycles. The average Bonchev–Trinajstić information content (AvgIpc) is 3.07. The molecule has 0 unspecified atom stereocenters. The molecule has 2 atom stereocenters. The lowest BCUT2D eigenvalue weighted by Gasteiger charge is -2.36. The summed E-state index contributed by atoms with van der Waals surface area (Å²) in [5.41, 5.74) is 5.39. The Morgan fingerprint density at radius 1 is 1.00 bits per heavy atom. The summed E-state index contributed by atoms with van der Waals surface area (Å²) in [6.45, 7) is 13.3. The molecule has 0 radical (unpaired) electrons. The van der Waals surface area contributed by atoms with Crippen LogP contribution in [0.4, 0.5) is 0 Å². The SMILES string of the molecule is C=CCO[C@H]1CN[C@@H](C(O)(c2cc(C)cc(C)c2)c2cc(C)cc(C)c2)C1. The standard InChI is InChI=1S/C24H31NO2/c1-6-7-27-22-14-23(25-15-22)24(26,20-10-16(2)8-17(3)11-20)21-12-18(4)9-19(5)13-21/h6,8-13,22-23,25-26H,1,7,14-15H2,2-5H3/t22-,23-/m1/s1. The van der Waals surface area contributed by atoms with Crippen molar-refractivity contribution in [3.05, 3.63) is 82.4 Å². The van der Waals surface area contributed by atoms with Crippen LogP contribution >= 0.6 is 0 Å². The second-order valence-electron chi connectivity index (χ2n) is 7.96. The molecule has 0 bridgehead atoms. The van der Waals surface area contributed by atoms with Gasteiger partial charge in [0.15, 0.2) is 0 Å². The Hall–Kier alpha value is -1.94. The highest BCUT2D eigenvalue weighted by Crippen LogP contribution is 2.38. The van der Waals surface area contributed by atoms with Crippen molar-refractivity contribution < 1.29 is 9.84 Å². The van der Waals surface area contributed by atoms with Gasteiger partial charge in [-0.1, -0.05) is 64.7 Å². The number of aliphatic hydroxyl groups is 1. The number of benzene rings is 2. The molecule has 1 fully saturated rings. The van der Waals surface area contributed by atoms with E-state index in [1.54, 1.807) is 6.08 Å². The molecule has 1 saturated heterocycles. The van der Waals surface area contributed by atoms with Gasteiger partial charge in [0.1, 0.15) is 5.60 Å². The highest BCUT2D eigenvalue weighted by Gasteiger charge is 2.44. The maximum Gasteiger partial charge on any atom is 0.130 e. The van der Waals surface area contributed by atoms with Crippen LogP contribution in [0.15, 0.2) is 49.1 Å². The predicted octanol–water partition coefficient (Wildman–Crippen LogP) is 4.09. The summed E-state index contributed by atoms with van der Waals surface area (Å²) in [4.78, 5) is 0. The van der Waals surface area contributed by atoms with E-state index in [-0.39, 0.29) is 12.1 Å². The van der Waals surface area contributed by atoms with Crippen LogP contribution in [-0.4, -0.2) is 30.4 Å². The topological polar surface area (TPSA) is 41.5 Å². The van der Waals surface area contributed by atoms with Gasteiger partial charge in [-0.2, -0.15) is 0 Å². The van der Waals surface area contributed by atoms with Crippen molar-refractivity contribution in [3.63, 3.8) is 0 Å². The summed E-state index contributed by atoms with van der Waals surface area (Å²) in [6, 6.07) is 12.6. The molecular formula is C24H31NO2. The molecule has 0 saturated carbocycles. The molecule has 0 spiro atoms. The number of hydrogen-bond donors (Lipinski definition) is 2. The molecule has 1 heterocycles. The number of nitrogens with one attached hydrogen (secondary N) is 1. The first-order valence-corrected chi connectivity index (χ1v) is 9.68. The van der Waals surface area contributed by atoms with Crippen molar-refractivity contribution >= 4 is 0 Å². The van der Waals surface area contributed by atoms with E-state index in [0.29, 0.717) is 6.61 Å². The zero-order valence-electron chi connectivity index (χ0n) is 16.9. The van der Waals surface area contributed by atoms with Crippen LogP contribution in [0.3, 0.4) is 0 Å². The summed E-state index contributed by atoms with van der Waals surface area (Å²) < 4.78 is 5.85. The lowest BCUT2D eigenvalue weighted by molar-refractivity contribution is 0.0321. The van der Waals surface area contributed by atoms with Gasteiger partial charge in [-0.15, -0.1) is 6.58 Å². The predicted molar refractivity (Wildman–Crippen MR) is 111 cm³/mol. The van der Waals surface area contributed by atoms with Crippen LogP contribution < -0.4 is 5.32 Å². The quantitative estimate of drug-likeness (QED) is 0.758. The van der Waals surface area contributed by atoms with Gasteiger partial charge >= 0.3 is 0 Å². The fourth-order valence-corrected chi connectivity index (χ4v) is 4.31. The number of rotatable bonds is 6. The van der Waals surface area contributed by atoms with Gasteiger partial charge in [0, 0.05) is 12.6 Å². The number of ether oxygens (including phenoxy) is 1. The fourth-order valence-electron chi connectivity index (χ4n) is 4.31. The maximum atomic E-state index is 12.2. The molecule has 0 amide bonds. The van der Waals surface area contributed by atoms with Gasteiger partial charge in [-0.25, -0.2) is 0 Å². The van der Waals surface area contributed by atoms with Crippen LogP contribution in [0.5, 0.6) is 0 Å². The van der Waals surface area contributed by atoms with Crippen LogP contribution in [0.2, 0.25) is 0 Å². The van der Waals surface area contributed by atoms with E-state index in [0.717, 1.165) is 46.3 Å². The zero-order chi connectivity index (χ0) is 19.6. The normalized spacial score (nSPS) is 20.0. The Kier molecular flexibility index (Phi) is 5.85. The number of hydrogen-bond acceptors (Lipinski definition) is 3. The van der Waals surface area contributed by atoms with Crippen LogP contribution in [0, 0.1) is 27.7 Å². The first-order chi connectivity index (χ1) is 12.8. The molecule has 3 nitrogen and oxygen atoms in total. The van der Waals surface area contributed by atoms with E-state index in [1.807, 2.05) is 0 Å². The number of aryl methyl sites for hydroxylation is 4. The Morgan fingerprint density at radius 2 is 1.48 bits per heavy atom. The van der Waals surface area contributed by atoms with Crippen molar-refractivity contribution in [2.45, 2.75) is 51.9 Å². The zero-order valence-corrected chi connectivity index (χ0v) is 16.9. The largest absolute Gasteiger partial charge is 0.379 e. The minimum atomic E-state index is -1.11. The Labute approximate surface area is 163 Å². The summed E-state index contributed by atoms with van der Waals surface area (Å²) in [5, 5.41) is 15.7. The van der Waals surface area contributed by atoms with Crippen LogP contribution in [0.1, 0.15) is 39.8 Å². The third-order valence-electron chi connectivity index (χ3n) is 5.37. The summed E-state index contributed by atoms with van der Waals surface area (Å²) in [7, 11) is 0.